The average molecular weight is 516 g/mol. The van der Waals surface area contributed by atoms with Gasteiger partial charge in [0.1, 0.15) is 0 Å². The lowest BCUT2D eigenvalue weighted by Crippen LogP contribution is -2.00. The Balaban J connectivity index is 1.44. The summed E-state index contributed by atoms with van der Waals surface area (Å²) < 4.78 is 2.58. The summed E-state index contributed by atoms with van der Waals surface area (Å²) in [5.74, 6) is 2.02. The molecule has 0 atom stereocenters. The third kappa shape index (κ3) is 3.69. The minimum atomic E-state index is 0.670. The molecule has 6 aromatic carbocycles. The average Bonchev–Trinajstić information content (AvgIpc) is 3.39. The van der Waals surface area contributed by atoms with Crippen molar-refractivity contribution in [3.8, 4) is 34.2 Å². The molecule has 0 aliphatic heterocycles. The van der Waals surface area contributed by atoms with Gasteiger partial charge in [0.05, 0.1) is 0 Å². The summed E-state index contributed by atoms with van der Waals surface area (Å²) in [7, 11) is 0. The van der Waals surface area contributed by atoms with E-state index in [1.165, 1.54) is 30.9 Å². The van der Waals surface area contributed by atoms with Crippen molar-refractivity contribution in [2.24, 2.45) is 0 Å². The van der Waals surface area contributed by atoms with Crippen molar-refractivity contribution >= 4 is 53.1 Å². The summed E-state index contributed by atoms with van der Waals surface area (Å²) in [6, 6.07) is 44.4. The molecule has 0 aliphatic carbocycles. The molecule has 182 valence electrons. The number of fused-ring (bicyclic) bond motifs is 6. The van der Waals surface area contributed by atoms with E-state index >= 15 is 0 Å². The molecule has 8 rings (SSSR count). The van der Waals surface area contributed by atoms with Gasteiger partial charge in [0.2, 0.25) is 0 Å². The molecular weight excluding hydrogens is 494 g/mol. The summed E-state index contributed by atoms with van der Waals surface area (Å²) in [5.41, 5.74) is 2.96. The molecule has 2 heterocycles. The summed E-state index contributed by atoms with van der Waals surface area (Å²) >= 11 is 1.84. The maximum absolute atomic E-state index is 5.11. The number of benzene rings is 6. The van der Waals surface area contributed by atoms with Crippen LogP contribution in [-0.4, -0.2) is 15.0 Å². The summed E-state index contributed by atoms with van der Waals surface area (Å²) in [4.78, 5) is 15.1. The van der Waals surface area contributed by atoms with Crippen molar-refractivity contribution in [2.45, 2.75) is 0 Å². The molecule has 2 aromatic heterocycles. The fourth-order valence-electron chi connectivity index (χ4n) is 5.40. The van der Waals surface area contributed by atoms with Crippen LogP contribution in [0.15, 0.2) is 127 Å². The number of thiophene rings is 1. The molecule has 0 unspecified atom stereocenters. The van der Waals surface area contributed by atoms with E-state index in [9.17, 15) is 0 Å². The third-order valence-electron chi connectivity index (χ3n) is 7.30. The fourth-order valence-corrected chi connectivity index (χ4v) is 6.62. The van der Waals surface area contributed by atoms with Crippen LogP contribution in [0.2, 0.25) is 0 Å². The van der Waals surface area contributed by atoms with Crippen LogP contribution in [0.25, 0.3) is 75.9 Å². The smallest absolute Gasteiger partial charge is 0.164 e. The molecule has 4 heteroatoms. The number of nitrogens with zero attached hydrogens (tertiary/aromatic N) is 3. The van der Waals surface area contributed by atoms with Gasteiger partial charge in [-0.15, -0.1) is 11.3 Å². The Bertz CT molecular complexity index is 2180. The van der Waals surface area contributed by atoms with Crippen molar-refractivity contribution < 1.29 is 0 Å². The molecular formula is C35H21N3S. The zero-order valence-corrected chi connectivity index (χ0v) is 21.7. The van der Waals surface area contributed by atoms with Gasteiger partial charge < -0.3 is 0 Å². The Hall–Kier alpha value is -4.93. The van der Waals surface area contributed by atoms with Crippen molar-refractivity contribution in [1.82, 2.24) is 15.0 Å². The van der Waals surface area contributed by atoms with Crippen LogP contribution in [0.1, 0.15) is 0 Å². The van der Waals surface area contributed by atoms with Crippen LogP contribution >= 0.6 is 11.3 Å². The molecule has 3 nitrogen and oxygen atoms in total. The van der Waals surface area contributed by atoms with E-state index in [2.05, 4.69) is 109 Å². The monoisotopic (exact) mass is 515 g/mol. The van der Waals surface area contributed by atoms with Crippen LogP contribution in [0.5, 0.6) is 0 Å². The highest BCUT2D eigenvalue weighted by molar-refractivity contribution is 7.26. The van der Waals surface area contributed by atoms with E-state index in [-0.39, 0.29) is 0 Å². The zero-order valence-electron chi connectivity index (χ0n) is 20.9. The molecule has 0 bridgehead atoms. The quantitative estimate of drug-likeness (QED) is 0.235. The van der Waals surface area contributed by atoms with Gasteiger partial charge in [0.25, 0.3) is 0 Å². The number of aromatic nitrogens is 3. The lowest BCUT2D eigenvalue weighted by molar-refractivity contribution is 1.08. The number of hydrogen-bond donors (Lipinski definition) is 0. The molecule has 0 aliphatic rings. The minimum Gasteiger partial charge on any atom is -0.208 e. The third-order valence-corrected chi connectivity index (χ3v) is 8.52. The van der Waals surface area contributed by atoms with Crippen molar-refractivity contribution in [3.63, 3.8) is 0 Å². The minimum absolute atomic E-state index is 0.670. The Kier molecular flexibility index (Phi) is 5.00. The van der Waals surface area contributed by atoms with E-state index in [1.807, 2.05) is 29.5 Å². The van der Waals surface area contributed by atoms with E-state index < -0.39 is 0 Å². The van der Waals surface area contributed by atoms with Crippen LogP contribution < -0.4 is 0 Å². The second kappa shape index (κ2) is 8.83. The zero-order chi connectivity index (χ0) is 25.8. The van der Waals surface area contributed by atoms with Gasteiger partial charge in [-0.2, -0.15) is 0 Å². The molecule has 0 radical (unpaired) electrons. The van der Waals surface area contributed by atoms with Gasteiger partial charge in [-0.3, -0.25) is 0 Å². The van der Waals surface area contributed by atoms with Gasteiger partial charge in [-0.25, -0.2) is 15.0 Å². The van der Waals surface area contributed by atoms with Crippen molar-refractivity contribution in [2.75, 3.05) is 0 Å². The first-order valence-corrected chi connectivity index (χ1v) is 13.8. The van der Waals surface area contributed by atoms with Gasteiger partial charge in [-0.05, 0) is 34.4 Å². The molecule has 0 amide bonds. The largest absolute Gasteiger partial charge is 0.208 e. The highest BCUT2D eigenvalue weighted by Gasteiger charge is 2.18. The molecule has 0 fully saturated rings. The predicted molar refractivity (Wildman–Crippen MR) is 164 cm³/mol. The number of rotatable bonds is 3. The summed E-state index contributed by atoms with van der Waals surface area (Å²) in [5, 5.41) is 7.22. The summed E-state index contributed by atoms with van der Waals surface area (Å²) in [6.45, 7) is 0. The lowest BCUT2D eigenvalue weighted by Gasteiger charge is -2.11. The van der Waals surface area contributed by atoms with Gasteiger partial charge in [-0.1, -0.05) is 109 Å². The van der Waals surface area contributed by atoms with Crippen LogP contribution in [0, 0.1) is 0 Å². The second-order valence-corrected chi connectivity index (χ2v) is 10.7. The van der Waals surface area contributed by atoms with Crippen LogP contribution in [0.3, 0.4) is 0 Å². The maximum atomic E-state index is 5.11. The molecule has 39 heavy (non-hydrogen) atoms. The standard InChI is InChI=1S/C35H21N3S/c1-2-11-23(12-3-1)33-36-34(25-19-18-22-10-4-5-13-24(22)20-25)38-35(37-33)30-21-29-27-15-8-9-17-31(27)39-32(29)28-16-7-6-14-26(28)30/h1-21H. The predicted octanol–water partition coefficient (Wildman–Crippen LogP) is 9.55. The Morgan fingerprint density at radius 3 is 1.90 bits per heavy atom. The van der Waals surface area contributed by atoms with E-state index in [0.29, 0.717) is 17.5 Å². The summed E-state index contributed by atoms with van der Waals surface area (Å²) in [6.07, 6.45) is 0. The van der Waals surface area contributed by atoms with E-state index in [0.717, 1.165) is 27.5 Å². The first kappa shape index (κ1) is 22.1. The van der Waals surface area contributed by atoms with Gasteiger partial charge in [0.15, 0.2) is 17.5 Å². The van der Waals surface area contributed by atoms with Crippen molar-refractivity contribution in [1.29, 1.82) is 0 Å². The Labute approximate surface area is 229 Å². The SMILES string of the molecule is c1ccc(-c2nc(-c3ccc4ccccc4c3)nc(-c3cc4c5ccccc5sc4c4ccccc34)n2)cc1. The second-order valence-electron chi connectivity index (χ2n) is 9.68. The first-order chi connectivity index (χ1) is 19.3. The lowest BCUT2D eigenvalue weighted by atomic mass is 9.99. The first-order valence-electron chi connectivity index (χ1n) is 13.0. The van der Waals surface area contributed by atoms with Crippen LogP contribution in [0.4, 0.5) is 0 Å². The topological polar surface area (TPSA) is 38.7 Å². The Morgan fingerprint density at radius 2 is 1.05 bits per heavy atom. The van der Waals surface area contributed by atoms with Gasteiger partial charge >= 0.3 is 0 Å². The Morgan fingerprint density at radius 1 is 0.410 bits per heavy atom. The molecule has 0 saturated carbocycles. The van der Waals surface area contributed by atoms with E-state index in [1.54, 1.807) is 0 Å². The molecule has 0 spiro atoms. The molecule has 0 N–H and O–H groups in total. The molecule has 0 saturated heterocycles. The highest BCUT2D eigenvalue weighted by Crippen LogP contribution is 2.42. The highest BCUT2D eigenvalue weighted by atomic mass is 32.1. The van der Waals surface area contributed by atoms with Crippen molar-refractivity contribution in [3.05, 3.63) is 127 Å². The van der Waals surface area contributed by atoms with Gasteiger partial charge in [0, 0.05) is 42.2 Å². The van der Waals surface area contributed by atoms with Crippen LogP contribution in [-0.2, 0) is 0 Å². The molecule has 8 aromatic rings. The van der Waals surface area contributed by atoms with E-state index in [4.69, 9.17) is 15.0 Å². The maximum Gasteiger partial charge on any atom is 0.164 e. The normalized spacial score (nSPS) is 11.6. The number of hydrogen-bond acceptors (Lipinski definition) is 4. The fraction of sp³-hybridized carbons (Fsp3) is 0.